The van der Waals surface area contributed by atoms with Gasteiger partial charge in [0.05, 0.1) is 14.2 Å². The topological polar surface area (TPSA) is 77.5 Å². The van der Waals surface area contributed by atoms with Crippen LogP contribution in [0.4, 0.5) is 0 Å². The van der Waals surface area contributed by atoms with E-state index in [0.717, 1.165) is 18.4 Å². The van der Waals surface area contributed by atoms with E-state index in [4.69, 9.17) is 25.2 Å². The zero-order valence-corrected chi connectivity index (χ0v) is 12.5. The molecule has 0 bridgehead atoms. The second-order valence-corrected chi connectivity index (χ2v) is 4.59. The molecule has 0 saturated carbocycles. The van der Waals surface area contributed by atoms with Gasteiger partial charge < -0.3 is 19.9 Å². The molecule has 0 aliphatic carbocycles. The molecule has 1 rings (SSSR count). The third-order valence-corrected chi connectivity index (χ3v) is 3.02. The molecule has 0 saturated heterocycles. The van der Waals surface area contributed by atoms with Gasteiger partial charge in [0.15, 0.2) is 17.6 Å². The molecule has 0 fully saturated rings. The van der Waals surface area contributed by atoms with Gasteiger partial charge in [0.2, 0.25) is 5.75 Å². The number of hydrogen-bond acceptors (Lipinski definition) is 5. The summed E-state index contributed by atoms with van der Waals surface area (Å²) < 4.78 is 16.2. The summed E-state index contributed by atoms with van der Waals surface area (Å²) in [5.74, 6) is 1.53. The molecule has 110 valence electrons. The van der Waals surface area contributed by atoms with Crippen LogP contribution in [0.3, 0.4) is 0 Å². The van der Waals surface area contributed by atoms with Crippen LogP contribution >= 0.6 is 0 Å². The Morgan fingerprint density at radius 1 is 1.25 bits per heavy atom. The largest absolute Gasteiger partial charge is 0.493 e. The summed E-state index contributed by atoms with van der Waals surface area (Å²) in [5.41, 5.74) is 6.99. The summed E-state index contributed by atoms with van der Waals surface area (Å²) in [6, 6.07) is 5.86. The number of hydrogen-bond donors (Lipinski definition) is 1. The Hall–Kier alpha value is -1.93. The molecule has 2 unspecified atom stereocenters. The van der Waals surface area contributed by atoms with Crippen LogP contribution < -0.4 is 19.9 Å². The first-order chi connectivity index (χ1) is 9.55. The molecule has 0 aliphatic rings. The Bertz CT molecular complexity index is 457. The quantitative estimate of drug-likeness (QED) is 0.828. The predicted octanol–water partition coefficient (Wildman–Crippen LogP) is 2.27. The van der Waals surface area contributed by atoms with Crippen LogP contribution in [-0.4, -0.2) is 26.4 Å². The zero-order valence-electron chi connectivity index (χ0n) is 12.5. The molecule has 0 aromatic heterocycles. The molecule has 2 N–H and O–H groups in total. The molecular weight excluding hydrogens is 256 g/mol. The van der Waals surface area contributed by atoms with Crippen LogP contribution in [0.15, 0.2) is 12.1 Å². The van der Waals surface area contributed by atoms with Crippen molar-refractivity contribution >= 4 is 0 Å². The monoisotopic (exact) mass is 278 g/mol. The number of nitriles is 1. The fourth-order valence-corrected chi connectivity index (χ4v) is 1.82. The molecule has 0 heterocycles. The standard InChI is InChI=1S/C15H22N2O3/c1-5-12(17)6-11-7-13(18-3)15(14(8-11)19-4)20-10(2)9-16/h7-8,10,12H,5-6,17H2,1-4H3. The van der Waals surface area contributed by atoms with Gasteiger partial charge in [-0.1, -0.05) is 6.92 Å². The van der Waals surface area contributed by atoms with Crippen molar-refractivity contribution in [1.82, 2.24) is 0 Å². The van der Waals surface area contributed by atoms with Crippen LogP contribution in [0, 0.1) is 11.3 Å². The normalized spacial score (nSPS) is 13.2. The summed E-state index contributed by atoms with van der Waals surface area (Å²) in [6.07, 6.45) is 1.05. The SMILES string of the molecule is CCC(N)Cc1cc(OC)c(OC(C)C#N)c(OC)c1. The van der Waals surface area contributed by atoms with Gasteiger partial charge >= 0.3 is 0 Å². The van der Waals surface area contributed by atoms with Gasteiger partial charge in [-0.05, 0) is 37.5 Å². The lowest BCUT2D eigenvalue weighted by atomic mass is 10.0. The number of nitrogens with zero attached hydrogens (tertiary/aromatic N) is 1. The Morgan fingerprint density at radius 3 is 2.20 bits per heavy atom. The third-order valence-electron chi connectivity index (χ3n) is 3.02. The number of rotatable bonds is 7. The van der Waals surface area contributed by atoms with Crippen LogP contribution in [0.25, 0.3) is 0 Å². The van der Waals surface area contributed by atoms with Gasteiger partial charge in [0, 0.05) is 6.04 Å². The minimum Gasteiger partial charge on any atom is -0.493 e. The maximum atomic E-state index is 8.86. The smallest absolute Gasteiger partial charge is 0.204 e. The van der Waals surface area contributed by atoms with Crippen LogP contribution in [0.2, 0.25) is 0 Å². The van der Waals surface area contributed by atoms with Crippen molar-refractivity contribution < 1.29 is 14.2 Å². The van der Waals surface area contributed by atoms with E-state index >= 15 is 0 Å². The van der Waals surface area contributed by atoms with E-state index in [1.165, 1.54) is 0 Å². The number of ether oxygens (including phenoxy) is 3. The predicted molar refractivity (Wildman–Crippen MR) is 77.2 cm³/mol. The molecule has 20 heavy (non-hydrogen) atoms. The summed E-state index contributed by atoms with van der Waals surface area (Å²) in [4.78, 5) is 0. The molecule has 0 spiro atoms. The van der Waals surface area contributed by atoms with Crippen molar-refractivity contribution in [3.8, 4) is 23.3 Å². The average molecular weight is 278 g/mol. The van der Waals surface area contributed by atoms with Gasteiger partial charge in [-0.3, -0.25) is 0 Å². The van der Waals surface area contributed by atoms with E-state index < -0.39 is 6.10 Å². The van der Waals surface area contributed by atoms with Crippen LogP contribution in [-0.2, 0) is 6.42 Å². The second-order valence-electron chi connectivity index (χ2n) is 4.59. The summed E-state index contributed by atoms with van der Waals surface area (Å²) in [5, 5.41) is 8.86. The summed E-state index contributed by atoms with van der Waals surface area (Å²) in [6.45, 7) is 3.71. The molecule has 1 aromatic rings. The van der Waals surface area contributed by atoms with Crippen molar-refractivity contribution in [2.24, 2.45) is 5.73 Å². The highest BCUT2D eigenvalue weighted by Crippen LogP contribution is 2.39. The van der Waals surface area contributed by atoms with Gasteiger partial charge in [-0.25, -0.2) is 0 Å². The van der Waals surface area contributed by atoms with E-state index in [9.17, 15) is 0 Å². The lowest BCUT2D eigenvalue weighted by Gasteiger charge is -2.18. The number of nitrogens with two attached hydrogens (primary N) is 1. The fraction of sp³-hybridized carbons (Fsp3) is 0.533. The highest BCUT2D eigenvalue weighted by Gasteiger charge is 2.17. The molecule has 0 radical (unpaired) electrons. The maximum Gasteiger partial charge on any atom is 0.204 e. The molecule has 5 nitrogen and oxygen atoms in total. The second kappa shape index (κ2) is 7.61. The molecule has 2 atom stereocenters. The third kappa shape index (κ3) is 4.04. The minimum atomic E-state index is -0.582. The lowest BCUT2D eigenvalue weighted by molar-refractivity contribution is 0.244. The molecular formula is C15H22N2O3. The van der Waals surface area contributed by atoms with Crippen LogP contribution in [0.1, 0.15) is 25.8 Å². The molecule has 0 aliphatic heterocycles. The average Bonchev–Trinajstić information content (AvgIpc) is 2.47. The summed E-state index contributed by atoms with van der Waals surface area (Å²) in [7, 11) is 3.12. The van der Waals surface area contributed by atoms with Crippen molar-refractivity contribution in [1.29, 1.82) is 5.26 Å². The van der Waals surface area contributed by atoms with E-state index in [0.29, 0.717) is 17.2 Å². The van der Waals surface area contributed by atoms with Gasteiger partial charge in [0.1, 0.15) is 6.07 Å². The van der Waals surface area contributed by atoms with Gasteiger partial charge in [0.25, 0.3) is 0 Å². The van der Waals surface area contributed by atoms with Crippen molar-refractivity contribution in [3.63, 3.8) is 0 Å². The van der Waals surface area contributed by atoms with E-state index in [1.807, 2.05) is 25.1 Å². The van der Waals surface area contributed by atoms with E-state index in [1.54, 1.807) is 21.1 Å². The van der Waals surface area contributed by atoms with E-state index in [-0.39, 0.29) is 6.04 Å². The van der Waals surface area contributed by atoms with Gasteiger partial charge in [-0.2, -0.15) is 5.26 Å². The first-order valence-electron chi connectivity index (χ1n) is 6.62. The highest BCUT2D eigenvalue weighted by molar-refractivity contribution is 5.54. The molecule has 1 aromatic carbocycles. The Kier molecular flexibility index (Phi) is 6.13. The van der Waals surface area contributed by atoms with Crippen molar-refractivity contribution in [2.75, 3.05) is 14.2 Å². The Morgan fingerprint density at radius 2 is 1.80 bits per heavy atom. The first-order valence-corrected chi connectivity index (χ1v) is 6.62. The maximum absolute atomic E-state index is 8.86. The Labute approximate surface area is 120 Å². The molecule has 0 amide bonds. The number of benzene rings is 1. The van der Waals surface area contributed by atoms with Crippen molar-refractivity contribution in [3.05, 3.63) is 17.7 Å². The van der Waals surface area contributed by atoms with E-state index in [2.05, 4.69) is 0 Å². The Balaban J connectivity index is 3.14. The molecule has 5 heteroatoms. The van der Waals surface area contributed by atoms with Gasteiger partial charge in [-0.15, -0.1) is 0 Å². The zero-order chi connectivity index (χ0) is 15.1. The van der Waals surface area contributed by atoms with Crippen LogP contribution in [0.5, 0.6) is 17.2 Å². The first kappa shape index (κ1) is 16.1. The highest BCUT2D eigenvalue weighted by atomic mass is 16.5. The fourth-order valence-electron chi connectivity index (χ4n) is 1.82. The number of methoxy groups -OCH3 is 2. The lowest BCUT2D eigenvalue weighted by Crippen LogP contribution is -2.21. The van der Waals surface area contributed by atoms with Crippen molar-refractivity contribution in [2.45, 2.75) is 38.8 Å². The summed E-state index contributed by atoms with van der Waals surface area (Å²) >= 11 is 0. The minimum absolute atomic E-state index is 0.0919.